The predicted octanol–water partition coefficient (Wildman–Crippen LogP) is 3.59. The minimum absolute atomic E-state index is 0.0937. The average molecular weight is 419 g/mol. The molecular weight excluding hydrogens is 406 g/mol. The Morgan fingerprint density at radius 3 is 2.19 bits per heavy atom. The van der Waals surface area contributed by atoms with Crippen LogP contribution in [0.4, 0.5) is 5.69 Å². The van der Waals surface area contributed by atoms with Gasteiger partial charge < -0.3 is 5.11 Å². The van der Waals surface area contributed by atoms with Crippen molar-refractivity contribution in [2.45, 2.75) is 26.7 Å². The van der Waals surface area contributed by atoms with E-state index >= 15 is 0 Å². The van der Waals surface area contributed by atoms with E-state index < -0.39 is 11.4 Å². The maximum Gasteiger partial charge on any atom is 0.337 e. The Morgan fingerprint density at radius 2 is 1.71 bits per heavy atom. The summed E-state index contributed by atoms with van der Waals surface area (Å²) in [6.45, 7) is 3.68. The minimum atomic E-state index is -1.20. The van der Waals surface area contributed by atoms with E-state index in [1.54, 1.807) is 6.07 Å². The van der Waals surface area contributed by atoms with Crippen LogP contribution in [0.5, 0.6) is 0 Å². The van der Waals surface area contributed by atoms with E-state index in [1.807, 2.05) is 13.8 Å². The fourth-order valence-electron chi connectivity index (χ4n) is 2.38. The van der Waals surface area contributed by atoms with Crippen molar-refractivity contribution >= 4 is 55.3 Å². The fraction of sp³-hybridized carbons (Fsp3) is 0.357. The number of amides is 2. The first-order valence-corrected chi connectivity index (χ1v) is 7.79. The number of anilines is 1. The van der Waals surface area contributed by atoms with Crippen molar-refractivity contribution < 1.29 is 19.5 Å². The molecule has 0 saturated carbocycles. The van der Waals surface area contributed by atoms with Gasteiger partial charge in [0.25, 0.3) is 0 Å². The number of rotatable bonds is 2. The lowest BCUT2D eigenvalue weighted by atomic mass is 9.81. The molecule has 1 aromatic rings. The van der Waals surface area contributed by atoms with E-state index in [0.29, 0.717) is 8.95 Å². The van der Waals surface area contributed by atoms with Crippen LogP contribution in [0.25, 0.3) is 0 Å². The highest BCUT2D eigenvalue weighted by atomic mass is 79.9. The van der Waals surface area contributed by atoms with Crippen molar-refractivity contribution in [1.29, 1.82) is 0 Å². The molecule has 0 aliphatic carbocycles. The summed E-state index contributed by atoms with van der Waals surface area (Å²) in [4.78, 5) is 37.0. The fourth-order valence-corrected chi connectivity index (χ4v) is 3.79. The number of nitrogens with zero attached hydrogens (tertiary/aromatic N) is 1. The second-order valence-corrected chi connectivity index (χ2v) is 7.50. The molecule has 2 rings (SSSR count). The molecule has 0 spiro atoms. The molecule has 0 atom stereocenters. The number of imide groups is 1. The number of benzene rings is 1. The van der Waals surface area contributed by atoms with Gasteiger partial charge in [0.1, 0.15) is 0 Å². The van der Waals surface area contributed by atoms with Crippen molar-refractivity contribution in [2.75, 3.05) is 4.90 Å². The summed E-state index contributed by atoms with van der Waals surface area (Å²) in [7, 11) is 0. The van der Waals surface area contributed by atoms with Gasteiger partial charge in [-0.3, -0.25) is 9.59 Å². The molecule has 1 saturated heterocycles. The van der Waals surface area contributed by atoms with Crippen molar-refractivity contribution in [3.05, 3.63) is 26.6 Å². The van der Waals surface area contributed by atoms with E-state index in [2.05, 4.69) is 31.9 Å². The molecule has 0 unspecified atom stereocenters. The number of hydrogen-bond donors (Lipinski definition) is 1. The number of carbonyl (C=O) groups excluding carboxylic acids is 2. The summed E-state index contributed by atoms with van der Waals surface area (Å²) in [5, 5.41) is 9.33. The van der Waals surface area contributed by atoms with Crippen LogP contribution in [0.1, 0.15) is 37.0 Å². The highest BCUT2D eigenvalue weighted by Gasteiger charge is 2.40. The summed E-state index contributed by atoms with van der Waals surface area (Å²) in [5.74, 6) is -1.97. The van der Waals surface area contributed by atoms with Gasteiger partial charge in [-0.25, -0.2) is 9.69 Å². The molecule has 0 radical (unpaired) electrons. The van der Waals surface area contributed by atoms with Gasteiger partial charge in [0, 0.05) is 21.8 Å². The van der Waals surface area contributed by atoms with Gasteiger partial charge in [-0.05, 0) is 33.5 Å². The first-order chi connectivity index (χ1) is 9.62. The van der Waals surface area contributed by atoms with Crippen LogP contribution in [-0.2, 0) is 9.59 Å². The van der Waals surface area contributed by atoms with E-state index in [0.717, 1.165) is 4.90 Å². The van der Waals surface area contributed by atoms with Crippen LogP contribution in [0.2, 0.25) is 0 Å². The van der Waals surface area contributed by atoms with Crippen molar-refractivity contribution in [1.82, 2.24) is 0 Å². The molecule has 112 valence electrons. The van der Waals surface area contributed by atoms with Gasteiger partial charge in [0.05, 0.1) is 11.3 Å². The first-order valence-electron chi connectivity index (χ1n) is 6.20. The molecule has 1 N–H and O–H groups in total. The maximum absolute atomic E-state index is 12.3. The zero-order valence-corrected chi connectivity index (χ0v) is 14.6. The second kappa shape index (κ2) is 5.53. The summed E-state index contributed by atoms with van der Waals surface area (Å²) in [6, 6.07) is 2.99. The lowest BCUT2D eigenvalue weighted by Gasteiger charge is -2.35. The number of halogens is 2. The van der Waals surface area contributed by atoms with Crippen LogP contribution in [0, 0.1) is 5.41 Å². The third kappa shape index (κ3) is 3.18. The SMILES string of the molecule is CC1(C)CC(=O)N(c2c(Br)cc(Br)cc2C(=O)O)C(=O)C1. The minimum Gasteiger partial charge on any atom is -0.478 e. The van der Waals surface area contributed by atoms with Gasteiger partial charge in [-0.2, -0.15) is 0 Å². The van der Waals surface area contributed by atoms with E-state index in [9.17, 15) is 19.5 Å². The summed E-state index contributed by atoms with van der Waals surface area (Å²) in [6.07, 6.45) is 0.389. The zero-order chi connectivity index (χ0) is 15.9. The van der Waals surface area contributed by atoms with Crippen LogP contribution in [-0.4, -0.2) is 22.9 Å². The Morgan fingerprint density at radius 1 is 1.19 bits per heavy atom. The third-order valence-corrected chi connectivity index (χ3v) is 4.30. The quantitative estimate of drug-likeness (QED) is 0.744. The van der Waals surface area contributed by atoms with Crippen molar-refractivity contribution in [3.63, 3.8) is 0 Å². The summed E-state index contributed by atoms with van der Waals surface area (Å²) < 4.78 is 0.934. The largest absolute Gasteiger partial charge is 0.478 e. The molecule has 1 heterocycles. The highest BCUT2D eigenvalue weighted by molar-refractivity contribution is 9.11. The lowest BCUT2D eigenvalue weighted by Crippen LogP contribution is -2.47. The van der Waals surface area contributed by atoms with Crippen LogP contribution in [0.3, 0.4) is 0 Å². The number of carboxylic acids is 1. The van der Waals surface area contributed by atoms with Gasteiger partial charge in [-0.15, -0.1) is 0 Å². The van der Waals surface area contributed by atoms with Crippen LogP contribution in [0.15, 0.2) is 21.1 Å². The molecule has 0 aromatic heterocycles. The molecule has 2 amide bonds. The first kappa shape index (κ1) is 16.2. The Labute approximate surface area is 138 Å². The van der Waals surface area contributed by atoms with Gasteiger partial charge in [0.15, 0.2) is 0 Å². The molecule has 1 aliphatic rings. The van der Waals surface area contributed by atoms with Crippen LogP contribution >= 0.6 is 31.9 Å². The van der Waals surface area contributed by atoms with E-state index in [4.69, 9.17) is 0 Å². The van der Waals surface area contributed by atoms with Crippen molar-refractivity contribution in [2.24, 2.45) is 5.41 Å². The average Bonchev–Trinajstić information content (AvgIpc) is 2.28. The van der Waals surface area contributed by atoms with Gasteiger partial charge >= 0.3 is 5.97 Å². The second-order valence-electron chi connectivity index (χ2n) is 5.73. The van der Waals surface area contributed by atoms with Crippen LogP contribution < -0.4 is 4.90 Å². The standard InChI is InChI=1S/C14H13Br2NO4/c1-14(2)5-10(18)17(11(19)6-14)12-8(13(20)21)3-7(15)4-9(12)16/h3-4H,5-6H2,1-2H3,(H,20,21). The number of hydrogen-bond acceptors (Lipinski definition) is 3. The number of carbonyl (C=O) groups is 3. The Hall–Kier alpha value is -1.21. The molecule has 5 nitrogen and oxygen atoms in total. The Bertz CT molecular complexity index is 635. The monoisotopic (exact) mass is 417 g/mol. The smallest absolute Gasteiger partial charge is 0.337 e. The number of aromatic carboxylic acids is 1. The van der Waals surface area contributed by atoms with E-state index in [1.165, 1.54) is 6.07 Å². The van der Waals surface area contributed by atoms with Crippen molar-refractivity contribution in [3.8, 4) is 0 Å². The topological polar surface area (TPSA) is 74.7 Å². The summed E-state index contributed by atoms with van der Waals surface area (Å²) in [5.41, 5.74) is -0.413. The lowest BCUT2D eigenvalue weighted by molar-refractivity contribution is -0.132. The molecule has 1 aliphatic heterocycles. The Balaban J connectivity index is 2.59. The maximum atomic E-state index is 12.3. The number of carboxylic acid groups (broad SMARTS) is 1. The molecule has 21 heavy (non-hydrogen) atoms. The molecule has 1 fully saturated rings. The molecule has 1 aromatic carbocycles. The van der Waals surface area contributed by atoms with E-state index in [-0.39, 0.29) is 35.9 Å². The number of piperidine rings is 1. The third-order valence-electron chi connectivity index (χ3n) is 3.24. The molecular formula is C14H13Br2NO4. The predicted molar refractivity (Wildman–Crippen MR) is 84.3 cm³/mol. The molecule has 0 bridgehead atoms. The molecule has 7 heteroatoms. The highest BCUT2D eigenvalue weighted by Crippen LogP contribution is 2.39. The zero-order valence-electron chi connectivity index (χ0n) is 11.4. The normalized spacial score (nSPS) is 18.0. The summed E-state index contributed by atoms with van der Waals surface area (Å²) >= 11 is 6.45. The van der Waals surface area contributed by atoms with Gasteiger partial charge in [0.2, 0.25) is 11.8 Å². The van der Waals surface area contributed by atoms with Gasteiger partial charge in [-0.1, -0.05) is 29.8 Å². The Kier molecular flexibility index (Phi) is 4.26.